The first-order valence-electron chi connectivity index (χ1n) is 1.12. The minimum Gasteiger partial charge on any atom is -0.362 e. The van der Waals surface area contributed by atoms with Crippen LogP contribution in [0.5, 0.6) is 0 Å². The lowest BCUT2D eigenvalue weighted by atomic mass is 10.8. The summed E-state index contributed by atoms with van der Waals surface area (Å²) in [4.78, 5) is 12.9. The van der Waals surface area contributed by atoms with Crippen LogP contribution in [0.15, 0.2) is 0 Å². The monoisotopic (exact) mass is 86.0 g/mol. The van der Waals surface area contributed by atoms with Crippen LogP contribution in [0.4, 0.5) is 0 Å². The van der Waals surface area contributed by atoms with Crippen molar-refractivity contribution in [1.82, 2.24) is 0 Å². The van der Waals surface area contributed by atoms with E-state index >= 15 is 0 Å². The Balaban J connectivity index is 3.33. The lowest BCUT2D eigenvalue weighted by molar-refractivity contribution is -0.137. The van der Waals surface area contributed by atoms with Crippen molar-refractivity contribution in [3.05, 3.63) is 0 Å². The lowest BCUT2D eigenvalue weighted by Gasteiger charge is -1.76. The highest BCUT2D eigenvalue weighted by Gasteiger charge is 1.89. The number of hydrogen-bond acceptors (Lipinski definition) is 4. The number of rotatable bonds is 0. The Morgan fingerprint density at radius 1 is 2.00 bits per heavy atom. The Morgan fingerprint density at radius 3 is 2.50 bits per heavy atom. The SMILES string of the molecule is N#CC(=O)ON. The smallest absolute Gasteiger partial charge is 0.362 e. The van der Waals surface area contributed by atoms with E-state index in [0.717, 1.165) is 6.07 Å². The third-order valence-electron chi connectivity index (χ3n) is 0.198. The molecule has 0 fully saturated rings. The van der Waals surface area contributed by atoms with Gasteiger partial charge in [0.1, 0.15) is 0 Å². The van der Waals surface area contributed by atoms with E-state index in [4.69, 9.17) is 5.26 Å². The molecule has 0 aliphatic heterocycles. The molecule has 0 rings (SSSR count). The largest absolute Gasteiger partial charge is 0.429 e. The van der Waals surface area contributed by atoms with Crippen LogP contribution in [0, 0.1) is 11.3 Å². The zero-order valence-electron chi connectivity index (χ0n) is 2.84. The van der Waals surface area contributed by atoms with Gasteiger partial charge in [0.25, 0.3) is 0 Å². The zero-order valence-corrected chi connectivity index (χ0v) is 2.84. The van der Waals surface area contributed by atoms with Gasteiger partial charge in [0, 0.05) is 0 Å². The van der Waals surface area contributed by atoms with Gasteiger partial charge < -0.3 is 4.84 Å². The van der Waals surface area contributed by atoms with Crippen molar-refractivity contribution in [3.63, 3.8) is 0 Å². The lowest BCUT2D eigenvalue weighted by Crippen LogP contribution is -2.05. The number of nitrogens with zero attached hydrogens (tertiary/aromatic N) is 1. The highest BCUT2D eigenvalue weighted by molar-refractivity contribution is 5.85. The van der Waals surface area contributed by atoms with Crippen molar-refractivity contribution in [2.75, 3.05) is 0 Å². The molecule has 0 heterocycles. The fraction of sp³-hybridized carbons (Fsp3) is 0. The maximum absolute atomic E-state index is 9.47. The fourth-order valence-corrected chi connectivity index (χ4v) is 0.0264. The summed E-state index contributed by atoms with van der Waals surface area (Å²) in [5.74, 6) is 3.14. The van der Waals surface area contributed by atoms with Crippen LogP contribution in [0.1, 0.15) is 0 Å². The Labute approximate surface area is 34.1 Å². The summed E-state index contributed by atoms with van der Waals surface area (Å²) in [6, 6.07) is 1.13. The van der Waals surface area contributed by atoms with Crippen molar-refractivity contribution in [2.45, 2.75) is 0 Å². The highest BCUT2D eigenvalue weighted by Crippen LogP contribution is 1.56. The molecule has 6 heavy (non-hydrogen) atoms. The number of carbonyl (C=O) groups excluding carboxylic acids is 1. The second-order valence-electron chi connectivity index (χ2n) is 0.517. The van der Waals surface area contributed by atoms with Gasteiger partial charge in [-0.2, -0.15) is 11.2 Å². The second kappa shape index (κ2) is 2.18. The number of nitrogens with two attached hydrogens (primary N) is 1. The van der Waals surface area contributed by atoms with E-state index in [1.807, 2.05) is 0 Å². The van der Waals surface area contributed by atoms with Gasteiger partial charge in [-0.1, -0.05) is 0 Å². The summed E-state index contributed by atoms with van der Waals surface area (Å²) in [5, 5.41) is 7.53. The van der Waals surface area contributed by atoms with Gasteiger partial charge in [-0.3, -0.25) is 0 Å². The Hall–Kier alpha value is -1.08. The summed E-state index contributed by atoms with van der Waals surface area (Å²) in [6.45, 7) is 0. The Bertz CT molecular complexity index is 92.2. The molecule has 0 aliphatic rings. The van der Waals surface area contributed by atoms with E-state index in [2.05, 4.69) is 10.7 Å². The molecule has 0 atom stereocenters. The minimum absolute atomic E-state index is 1.07. The third-order valence-corrected chi connectivity index (χ3v) is 0.198. The molecule has 2 N–H and O–H groups in total. The minimum atomic E-state index is -1.07. The molecule has 4 heteroatoms. The summed E-state index contributed by atoms with van der Waals surface area (Å²) in [5.41, 5.74) is 0. The van der Waals surface area contributed by atoms with Gasteiger partial charge in [-0.25, -0.2) is 4.79 Å². The molecule has 0 saturated carbocycles. The molecule has 0 amide bonds. The Kier molecular flexibility index (Phi) is 1.78. The first kappa shape index (κ1) is 4.92. The maximum atomic E-state index is 9.47. The summed E-state index contributed by atoms with van der Waals surface area (Å²) >= 11 is 0. The number of nitriles is 1. The molecule has 0 aliphatic carbocycles. The van der Waals surface area contributed by atoms with Crippen molar-refractivity contribution in [3.8, 4) is 6.07 Å². The molecule has 0 bridgehead atoms. The van der Waals surface area contributed by atoms with E-state index < -0.39 is 5.97 Å². The molecular weight excluding hydrogens is 84.0 g/mol. The van der Waals surface area contributed by atoms with E-state index in [0.29, 0.717) is 0 Å². The van der Waals surface area contributed by atoms with E-state index in [1.54, 1.807) is 0 Å². The van der Waals surface area contributed by atoms with Crippen LogP contribution in [-0.2, 0) is 9.63 Å². The average molecular weight is 86.1 g/mol. The molecular formula is C2H2N2O2. The average Bonchev–Trinajstić information content (AvgIpc) is 1.65. The standard InChI is InChI=1S/C2H2N2O2/c3-1-2(5)6-4/h4H2. The molecule has 0 aromatic rings. The second-order valence-corrected chi connectivity index (χ2v) is 0.517. The van der Waals surface area contributed by atoms with Crippen molar-refractivity contribution in [2.24, 2.45) is 5.90 Å². The van der Waals surface area contributed by atoms with Gasteiger partial charge in [0.2, 0.25) is 0 Å². The van der Waals surface area contributed by atoms with Gasteiger partial charge in [-0.15, -0.1) is 0 Å². The van der Waals surface area contributed by atoms with Gasteiger partial charge in [0.15, 0.2) is 6.07 Å². The molecule has 32 valence electrons. The summed E-state index contributed by atoms with van der Waals surface area (Å²) in [6.07, 6.45) is 0. The van der Waals surface area contributed by atoms with Gasteiger partial charge in [0.05, 0.1) is 0 Å². The molecule has 0 spiro atoms. The van der Waals surface area contributed by atoms with Crippen LogP contribution >= 0.6 is 0 Å². The van der Waals surface area contributed by atoms with E-state index in [9.17, 15) is 4.79 Å². The number of carbonyl (C=O) groups is 1. The van der Waals surface area contributed by atoms with E-state index in [1.165, 1.54) is 0 Å². The normalized spacial score (nSPS) is 6.00. The molecule has 0 radical (unpaired) electrons. The predicted molar refractivity (Wildman–Crippen MR) is 15.9 cm³/mol. The van der Waals surface area contributed by atoms with Crippen molar-refractivity contribution >= 4 is 5.97 Å². The van der Waals surface area contributed by atoms with Crippen LogP contribution in [-0.4, -0.2) is 5.97 Å². The highest BCUT2D eigenvalue weighted by atomic mass is 16.7. The molecule has 0 aromatic carbocycles. The van der Waals surface area contributed by atoms with Gasteiger partial charge >= 0.3 is 5.97 Å². The first-order valence-corrected chi connectivity index (χ1v) is 1.12. The van der Waals surface area contributed by atoms with Crippen molar-refractivity contribution < 1.29 is 9.63 Å². The predicted octanol–water partition coefficient (Wildman–Crippen LogP) is -1.07. The molecule has 0 aromatic heterocycles. The van der Waals surface area contributed by atoms with Crippen LogP contribution in [0.2, 0.25) is 0 Å². The quantitative estimate of drug-likeness (QED) is 0.300. The maximum Gasteiger partial charge on any atom is 0.429 e. The fourth-order valence-electron chi connectivity index (χ4n) is 0.0264. The van der Waals surface area contributed by atoms with Crippen LogP contribution < -0.4 is 5.90 Å². The topological polar surface area (TPSA) is 76.1 Å². The molecule has 0 saturated heterocycles. The third kappa shape index (κ3) is 1.26. The Morgan fingerprint density at radius 2 is 2.50 bits per heavy atom. The zero-order chi connectivity index (χ0) is 4.99. The summed E-state index contributed by atoms with van der Waals surface area (Å²) < 4.78 is 0. The van der Waals surface area contributed by atoms with Crippen LogP contribution in [0.3, 0.4) is 0 Å². The first-order chi connectivity index (χ1) is 2.81. The van der Waals surface area contributed by atoms with Gasteiger partial charge in [-0.05, 0) is 0 Å². The summed E-state index contributed by atoms with van der Waals surface area (Å²) in [7, 11) is 0. The van der Waals surface area contributed by atoms with Crippen LogP contribution in [0.25, 0.3) is 0 Å². The van der Waals surface area contributed by atoms with E-state index in [-0.39, 0.29) is 0 Å². The molecule has 0 unspecified atom stereocenters. The number of hydrogen-bond donors (Lipinski definition) is 1. The van der Waals surface area contributed by atoms with Crippen molar-refractivity contribution in [1.29, 1.82) is 5.26 Å². The molecule has 4 nitrogen and oxygen atoms in total.